The van der Waals surface area contributed by atoms with Crippen molar-refractivity contribution in [1.29, 1.82) is 0 Å². The maximum Gasteiger partial charge on any atom is 0.0713 e. The number of pyridine rings is 1. The van der Waals surface area contributed by atoms with Gasteiger partial charge in [-0.1, -0.05) is 0 Å². The molecule has 1 aromatic rings. The van der Waals surface area contributed by atoms with Gasteiger partial charge in [-0.05, 0) is 34.5 Å². The lowest BCUT2D eigenvalue weighted by Crippen LogP contribution is -2.13. The number of rotatable bonds is 3. The SMILES string of the molecule is NC(CCO)c1ncccc1Br. The Morgan fingerprint density at radius 2 is 2.42 bits per heavy atom. The van der Waals surface area contributed by atoms with Gasteiger partial charge in [-0.2, -0.15) is 0 Å². The van der Waals surface area contributed by atoms with Crippen LogP contribution in [0.4, 0.5) is 0 Å². The molecule has 0 fully saturated rings. The molecule has 1 atom stereocenters. The van der Waals surface area contributed by atoms with Crippen molar-refractivity contribution in [3.05, 3.63) is 28.5 Å². The van der Waals surface area contributed by atoms with Crippen LogP contribution in [0.25, 0.3) is 0 Å². The van der Waals surface area contributed by atoms with Crippen molar-refractivity contribution < 1.29 is 5.11 Å². The summed E-state index contributed by atoms with van der Waals surface area (Å²) in [6.45, 7) is 0.0875. The molecular weight excluding hydrogens is 220 g/mol. The molecule has 1 rings (SSSR count). The summed E-state index contributed by atoms with van der Waals surface area (Å²) in [7, 11) is 0. The second kappa shape index (κ2) is 4.54. The first-order valence-electron chi connectivity index (χ1n) is 3.72. The summed E-state index contributed by atoms with van der Waals surface area (Å²) < 4.78 is 0.894. The molecule has 1 unspecified atom stereocenters. The number of hydrogen-bond donors (Lipinski definition) is 2. The fraction of sp³-hybridized carbons (Fsp3) is 0.375. The minimum atomic E-state index is -0.189. The summed E-state index contributed by atoms with van der Waals surface area (Å²) in [4.78, 5) is 4.11. The second-order valence-electron chi connectivity index (χ2n) is 2.49. The van der Waals surface area contributed by atoms with Crippen molar-refractivity contribution in [3.8, 4) is 0 Å². The van der Waals surface area contributed by atoms with Gasteiger partial charge in [0, 0.05) is 17.3 Å². The fourth-order valence-electron chi connectivity index (χ4n) is 0.947. The van der Waals surface area contributed by atoms with Crippen LogP contribution in [-0.2, 0) is 0 Å². The molecule has 1 heterocycles. The van der Waals surface area contributed by atoms with E-state index >= 15 is 0 Å². The van der Waals surface area contributed by atoms with Gasteiger partial charge in [0.05, 0.1) is 11.7 Å². The largest absolute Gasteiger partial charge is 0.396 e. The van der Waals surface area contributed by atoms with Gasteiger partial charge in [0.15, 0.2) is 0 Å². The predicted octanol–water partition coefficient (Wildman–Crippen LogP) is 1.23. The Balaban J connectivity index is 2.79. The molecule has 12 heavy (non-hydrogen) atoms. The van der Waals surface area contributed by atoms with Gasteiger partial charge in [-0.3, -0.25) is 4.98 Å². The van der Waals surface area contributed by atoms with E-state index < -0.39 is 0 Å². The zero-order chi connectivity index (χ0) is 8.97. The maximum absolute atomic E-state index is 8.67. The summed E-state index contributed by atoms with van der Waals surface area (Å²) in [6.07, 6.45) is 2.23. The van der Waals surface area contributed by atoms with Crippen molar-refractivity contribution in [3.63, 3.8) is 0 Å². The lowest BCUT2D eigenvalue weighted by Gasteiger charge is -2.10. The molecule has 0 aliphatic heterocycles. The van der Waals surface area contributed by atoms with Crippen LogP contribution in [-0.4, -0.2) is 16.7 Å². The average Bonchev–Trinajstić information content (AvgIpc) is 2.05. The zero-order valence-electron chi connectivity index (χ0n) is 6.57. The number of aliphatic hydroxyl groups is 1. The molecule has 0 saturated heterocycles. The molecule has 0 aromatic carbocycles. The average molecular weight is 231 g/mol. The molecule has 0 spiro atoms. The van der Waals surface area contributed by atoms with E-state index in [9.17, 15) is 0 Å². The molecule has 0 bridgehead atoms. The van der Waals surface area contributed by atoms with Crippen molar-refractivity contribution in [2.45, 2.75) is 12.5 Å². The highest BCUT2D eigenvalue weighted by Crippen LogP contribution is 2.20. The first-order chi connectivity index (χ1) is 5.75. The monoisotopic (exact) mass is 230 g/mol. The highest BCUT2D eigenvalue weighted by molar-refractivity contribution is 9.10. The quantitative estimate of drug-likeness (QED) is 0.822. The highest BCUT2D eigenvalue weighted by atomic mass is 79.9. The smallest absolute Gasteiger partial charge is 0.0713 e. The molecular formula is C8H11BrN2O. The Kier molecular flexibility index (Phi) is 3.65. The van der Waals surface area contributed by atoms with Crippen LogP contribution in [0.1, 0.15) is 18.2 Å². The van der Waals surface area contributed by atoms with Crippen LogP contribution >= 0.6 is 15.9 Å². The van der Waals surface area contributed by atoms with Crippen LogP contribution in [0.3, 0.4) is 0 Å². The van der Waals surface area contributed by atoms with Gasteiger partial charge in [0.25, 0.3) is 0 Å². The van der Waals surface area contributed by atoms with Gasteiger partial charge in [0.1, 0.15) is 0 Å². The molecule has 3 nitrogen and oxygen atoms in total. The number of nitrogens with two attached hydrogens (primary N) is 1. The van der Waals surface area contributed by atoms with Gasteiger partial charge < -0.3 is 10.8 Å². The molecule has 0 aliphatic rings. The molecule has 0 amide bonds. The van der Waals surface area contributed by atoms with E-state index in [1.807, 2.05) is 12.1 Å². The third kappa shape index (κ3) is 2.27. The lowest BCUT2D eigenvalue weighted by molar-refractivity contribution is 0.275. The Bertz CT molecular complexity index is 255. The maximum atomic E-state index is 8.67. The fourth-order valence-corrected chi connectivity index (χ4v) is 1.50. The summed E-state index contributed by atoms with van der Waals surface area (Å²) >= 11 is 3.34. The molecule has 4 heteroatoms. The number of halogens is 1. The standard InChI is InChI=1S/C8H11BrN2O/c9-6-2-1-4-11-8(6)7(10)3-5-12/h1-2,4,7,12H,3,5,10H2. The summed E-state index contributed by atoms with van der Waals surface area (Å²) in [5, 5.41) is 8.67. The molecule has 0 saturated carbocycles. The third-order valence-electron chi connectivity index (χ3n) is 1.58. The Hall–Kier alpha value is -0.450. The first kappa shape index (κ1) is 9.64. The summed E-state index contributed by atoms with van der Waals surface area (Å²) in [6, 6.07) is 3.53. The number of hydrogen-bond acceptors (Lipinski definition) is 3. The molecule has 0 radical (unpaired) electrons. The van der Waals surface area contributed by atoms with E-state index in [0.29, 0.717) is 6.42 Å². The van der Waals surface area contributed by atoms with E-state index in [0.717, 1.165) is 10.2 Å². The van der Waals surface area contributed by atoms with Crippen molar-refractivity contribution in [2.75, 3.05) is 6.61 Å². The normalized spacial score (nSPS) is 12.9. The minimum absolute atomic E-state index is 0.0875. The summed E-state index contributed by atoms with van der Waals surface area (Å²) in [5.74, 6) is 0. The summed E-state index contributed by atoms with van der Waals surface area (Å²) in [5.41, 5.74) is 6.55. The van der Waals surface area contributed by atoms with Gasteiger partial charge in [-0.25, -0.2) is 0 Å². The van der Waals surface area contributed by atoms with Crippen LogP contribution < -0.4 is 5.73 Å². The van der Waals surface area contributed by atoms with Crippen LogP contribution in [0, 0.1) is 0 Å². The van der Waals surface area contributed by atoms with E-state index in [2.05, 4.69) is 20.9 Å². The zero-order valence-corrected chi connectivity index (χ0v) is 8.16. The highest BCUT2D eigenvalue weighted by Gasteiger charge is 2.09. The van der Waals surface area contributed by atoms with Crippen LogP contribution in [0.15, 0.2) is 22.8 Å². The lowest BCUT2D eigenvalue weighted by atomic mass is 10.1. The van der Waals surface area contributed by atoms with E-state index in [-0.39, 0.29) is 12.6 Å². The van der Waals surface area contributed by atoms with Crippen LogP contribution in [0.2, 0.25) is 0 Å². The second-order valence-corrected chi connectivity index (χ2v) is 3.34. The van der Waals surface area contributed by atoms with E-state index in [1.54, 1.807) is 6.20 Å². The molecule has 1 aromatic heterocycles. The van der Waals surface area contributed by atoms with Crippen molar-refractivity contribution >= 4 is 15.9 Å². The van der Waals surface area contributed by atoms with Gasteiger partial charge in [-0.15, -0.1) is 0 Å². The Morgan fingerprint density at radius 1 is 1.67 bits per heavy atom. The Morgan fingerprint density at radius 3 is 3.00 bits per heavy atom. The van der Waals surface area contributed by atoms with E-state index in [4.69, 9.17) is 10.8 Å². The van der Waals surface area contributed by atoms with Gasteiger partial charge in [0.2, 0.25) is 0 Å². The number of aliphatic hydroxyl groups excluding tert-OH is 1. The third-order valence-corrected chi connectivity index (χ3v) is 2.25. The van der Waals surface area contributed by atoms with Gasteiger partial charge >= 0.3 is 0 Å². The molecule has 3 N–H and O–H groups in total. The van der Waals surface area contributed by atoms with Crippen molar-refractivity contribution in [1.82, 2.24) is 4.98 Å². The molecule has 0 aliphatic carbocycles. The van der Waals surface area contributed by atoms with E-state index in [1.165, 1.54) is 0 Å². The van der Waals surface area contributed by atoms with Crippen LogP contribution in [0.5, 0.6) is 0 Å². The number of nitrogens with zero attached hydrogens (tertiary/aromatic N) is 1. The first-order valence-corrected chi connectivity index (χ1v) is 4.52. The Labute approximate surface area is 79.7 Å². The molecule has 66 valence electrons. The predicted molar refractivity (Wildman–Crippen MR) is 50.6 cm³/mol. The van der Waals surface area contributed by atoms with Crippen molar-refractivity contribution in [2.24, 2.45) is 5.73 Å². The topological polar surface area (TPSA) is 59.1 Å². The minimum Gasteiger partial charge on any atom is -0.396 e. The number of aromatic nitrogens is 1.